The maximum absolute atomic E-state index is 5.87. The molecular formula is C16H19ClN4O3. The van der Waals surface area contributed by atoms with Crippen LogP contribution in [0.1, 0.15) is 5.76 Å². The van der Waals surface area contributed by atoms with Crippen LogP contribution in [0.15, 0.2) is 40.0 Å². The van der Waals surface area contributed by atoms with Crippen molar-refractivity contribution >= 4 is 17.4 Å². The Morgan fingerprint density at radius 2 is 2.04 bits per heavy atom. The molecule has 0 radical (unpaired) electrons. The van der Waals surface area contributed by atoms with Gasteiger partial charge >= 0.3 is 0 Å². The monoisotopic (exact) mass is 350 g/mol. The van der Waals surface area contributed by atoms with E-state index >= 15 is 0 Å². The number of nitrogens with zero attached hydrogens (tertiary/aromatic N) is 3. The fourth-order valence-electron chi connectivity index (χ4n) is 2.33. The standard InChI is InChI=1S/C16H19ClN4O3/c17-13-3-1-12(2-4-13)15-9-14(24-19-15)11-23-20-16(18)10-21-5-7-22-8-6-21/h1-4,9H,5-8,10-11H2,(H2,18,20). The number of amidine groups is 1. The maximum atomic E-state index is 5.87. The molecular weight excluding hydrogens is 332 g/mol. The van der Waals surface area contributed by atoms with E-state index in [0.29, 0.717) is 23.2 Å². The van der Waals surface area contributed by atoms with Crippen LogP contribution < -0.4 is 5.73 Å². The molecule has 3 rings (SSSR count). The van der Waals surface area contributed by atoms with Crippen LogP contribution in [0.4, 0.5) is 0 Å². The quantitative estimate of drug-likeness (QED) is 0.488. The van der Waals surface area contributed by atoms with Gasteiger partial charge in [-0.15, -0.1) is 0 Å². The number of ether oxygens (including phenoxy) is 1. The van der Waals surface area contributed by atoms with Crippen LogP contribution in [0.3, 0.4) is 0 Å². The largest absolute Gasteiger partial charge is 0.386 e. The normalized spacial score (nSPS) is 16.3. The number of aromatic nitrogens is 1. The highest BCUT2D eigenvalue weighted by atomic mass is 35.5. The zero-order chi connectivity index (χ0) is 16.8. The van der Waals surface area contributed by atoms with Crippen molar-refractivity contribution < 1.29 is 14.1 Å². The molecule has 128 valence electrons. The van der Waals surface area contributed by atoms with Gasteiger partial charge in [-0.25, -0.2) is 0 Å². The molecule has 0 amide bonds. The van der Waals surface area contributed by atoms with E-state index in [1.165, 1.54) is 0 Å². The van der Waals surface area contributed by atoms with Crippen LogP contribution in [-0.4, -0.2) is 48.7 Å². The second kappa shape index (κ2) is 8.14. The fourth-order valence-corrected chi connectivity index (χ4v) is 2.46. The third-order valence-electron chi connectivity index (χ3n) is 3.58. The molecule has 8 heteroatoms. The first-order valence-corrected chi connectivity index (χ1v) is 8.04. The molecule has 0 atom stereocenters. The SMILES string of the molecule is N/C(CN1CCOCC1)=N\OCc1cc(-c2ccc(Cl)cc2)no1. The topological polar surface area (TPSA) is 86.1 Å². The van der Waals surface area contributed by atoms with Gasteiger partial charge in [0.05, 0.1) is 19.8 Å². The molecule has 0 aliphatic carbocycles. The lowest BCUT2D eigenvalue weighted by Crippen LogP contribution is -2.41. The van der Waals surface area contributed by atoms with Crippen LogP contribution in [0.5, 0.6) is 0 Å². The van der Waals surface area contributed by atoms with Crippen molar-refractivity contribution in [1.29, 1.82) is 0 Å². The lowest BCUT2D eigenvalue weighted by atomic mass is 10.1. The molecule has 1 aliphatic heterocycles. The van der Waals surface area contributed by atoms with Crippen LogP contribution in [0.2, 0.25) is 5.02 Å². The summed E-state index contributed by atoms with van der Waals surface area (Å²) in [4.78, 5) is 7.41. The molecule has 0 unspecified atom stereocenters. The Bertz CT molecular complexity index is 681. The summed E-state index contributed by atoms with van der Waals surface area (Å²) in [5, 5.41) is 8.60. The molecule has 1 fully saturated rings. The maximum Gasteiger partial charge on any atom is 0.177 e. The van der Waals surface area contributed by atoms with Gasteiger partial charge in [-0.05, 0) is 12.1 Å². The van der Waals surface area contributed by atoms with Gasteiger partial charge in [0.15, 0.2) is 18.2 Å². The van der Waals surface area contributed by atoms with Crippen molar-refractivity contribution in [2.75, 3.05) is 32.8 Å². The van der Waals surface area contributed by atoms with Crippen molar-refractivity contribution in [3.8, 4) is 11.3 Å². The summed E-state index contributed by atoms with van der Waals surface area (Å²) >= 11 is 5.87. The molecule has 7 nitrogen and oxygen atoms in total. The Morgan fingerprint density at radius 1 is 1.29 bits per heavy atom. The van der Waals surface area contributed by atoms with Gasteiger partial charge in [0.25, 0.3) is 0 Å². The highest BCUT2D eigenvalue weighted by molar-refractivity contribution is 6.30. The number of morpholine rings is 1. The van der Waals surface area contributed by atoms with E-state index in [1.54, 1.807) is 18.2 Å². The number of oxime groups is 1. The molecule has 1 aliphatic rings. The van der Waals surface area contributed by atoms with Gasteiger partial charge in [0.2, 0.25) is 0 Å². The summed E-state index contributed by atoms with van der Waals surface area (Å²) in [6.07, 6.45) is 0. The molecule has 0 bridgehead atoms. The first-order chi connectivity index (χ1) is 11.7. The zero-order valence-corrected chi connectivity index (χ0v) is 13.9. The Balaban J connectivity index is 1.49. The van der Waals surface area contributed by atoms with Crippen molar-refractivity contribution in [3.05, 3.63) is 41.1 Å². The third-order valence-corrected chi connectivity index (χ3v) is 3.83. The van der Waals surface area contributed by atoms with Crippen LogP contribution in [0, 0.1) is 0 Å². The van der Waals surface area contributed by atoms with E-state index in [1.807, 2.05) is 12.1 Å². The second-order valence-corrected chi connectivity index (χ2v) is 5.87. The summed E-state index contributed by atoms with van der Waals surface area (Å²) in [6.45, 7) is 3.88. The van der Waals surface area contributed by atoms with E-state index < -0.39 is 0 Å². The van der Waals surface area contributed by atoms with Gasteiger partial charge in [-0.1, -0.05) is 34.0 Å². The predicted molar refractivity (Wildman–Crippen MR) is 90.6 cm³/mol. The summed E-state index contributed by atoms with van der Waals surface area (Å²) in [7, 11) is 0. The highest BCUT2D eigenvalue weighted by Crippen LogP contribution is 2.21. The van der Waals surface area contributed by atoms with E-state index in [0.717, 1.165) is 37.6 Å². The van der Waals surface area contributed by atoms with Gasteiger partial charge in [-0.2, -0.15) is 0 Å². The lowest BCUT2D eigenvalue weighted by Gasteiger charge is -2.25. The van der Waals surface area contributed by atoms with Crippen LogP contribution in [-0.2, 0) is 16.2 Å². The molecule has 1 aromatic carbocycles. The molecule has 24 heavy (non-hydrogen) atoms. The number of rotatable bonds is 6. The first kappa shape index (κ1) is 16.8. The molecule has 1 aromatic heterocycles. The molecule has 1 saturated heterocycles. The van der Waals surface area contributed by atoms with Gasteiger partial charge in [-0.3, -0.25) is 4.90 Å². The van der Waals surface area contributed by atoms with Crippen molar-refractivity contribution in [1.82, 2.24) is 10.1 Å². The average molecular weight is 351 g/mol. The average Bonchev–Trinajstić information content (AvgIpc) is 3.05. The summed E-state index contributed by atoms with van der Waals surface area (Å²) < 4.78 is 10.5. The smallest absolute Gasteiger partial charge is 0.177 e. The van der Waals surface area contributed by atoms with Gasteiger partial charge in [0, 0.05) is 29.7 Å². The van der Waals surface area contributed by atoms with Crippen molar-refractivity contribution in [2.45, 2.75) is 6.61 Å². The molecule has 2 N–H and O–H groups in total. The minimum atomic E-state index is 0.171. The number of hydrogen-bond donors (Lipinski definition) is 1. The van der Waals surface area contributed by atoms with Crippen LogP contribution in [0.25, 0.3) is 11.3 Å². The zero-order valence-electron chi connectivity index (χ0n) is 13.2. The van der Waals surface area contributed by atoms with E-state index in [4.69, 9.17) is 31.4 Å². The van der Waals surface area contributed by atoms with Gasteiger partial charge in [0.1, 0.15) is 5.69 Å². The lowest BCUT2D eigenvalue weighted by molar-refractivity contribution is 0.0441. The van der Waals surface area contributed by atoms with E-state index in [-0.39, 0.29) is 6.61 Å². The molecule has 0 spiro atoms. The number of benzene rings is 1. The third kappa shape index (κ3) is 4.70. The summed E-state index contributed by atoms with van der Waals surface area (Å²) in [6, 6.07) is 9.17. The first-order valence-electron chi connectivity index (χ1n) is 7.66. The minimum Gasteiger partial charge on any atom is -0.386 e. The molecule has 2 aromatic rings. The number of halogens is 1. The summed E-state index contributed by atoms with van der Waals surface area (Å²) in [5.41, 5.74) is 7.50. The summed E-state index contributed by atoms with van der Waals surface area (Å²) in [5.74, 6) is 0.997. The Hall–Kier alpha value is -2.09. The van der Waals surface area contributed by atoms with Crippen LogP contribution >= 0.6 is 11.6 Å². The second-order valence-electron chi connectivity index (χ2n) is 5.43. The fraction of sp³-hybridized carbons (Fsp3) is 0.375. The minimum absolute atomic E-state index is 0.171. The molecule has 2 heterocycles. The van der Waals surface area contributed by atoms with Crippen molar-refractivity contribution in [3.63, 3.8) is 0 Å². The Labute approximate surface area is 144 Å². The van der Waals surface area contributed by atoms with Gasteiger partial charge < -0.3 is 19.8 Å². The Morgan fingerprint density at radius 3 is 2.79 bits per heavy atom. The highest BCUT2D eigenvalue weighted by Gasteiger charge is 2.12. The van der Waals surface area contributed by atoms with E-state index in [2.05, 4.69) is 15.2 Å². The number of hydrogen-bond acceptors (Lipinski definition) is 6. The van der Waals surface area contributed by atoms with Crippen molar-refractivity contribution in [2.24, 2.45) is 10.9 Å². The predicted octanol–water partition coefficient (Wildman–Crippen LogP) is 2.12. The molecule has 0 saturated carbocycles. The number of nitrogens with two attached hydrogens (primary N) is 1. The Kier molecular flexibility index (Phi) is 5.68. The van der Waals surface area contributed by atoms with E-state index in [9.17, 15) is 0 Å².